The van der Waals surface area contributed by atoms with Crippen LogP contribution in [0.1, 0.15) is 21.6 Å². The molecule has 6 nitrogen and oxygen atoms in total. The van der Waals surface area contributed by atoms with Crippen LogP contribution in [-0.4, -0.2) is 23.4 Å². The molecule has 3 rings (SSSR count). The van der Waals surface area contributed by atoms with Crippen molar-refractivity contribution in [3.63, 3.8) is 0 Å². The Morgan fingerprint density at radius 2 is 1.92 bits per heavy atom. The molecule has 0 aliphatic heterocycles. The highest BCUT2D eigenvalue weighted by atomic mass is 16.5. The monoisotopic (exact) mass is 322 g/mol. The molecule has 122 valence electrons. The van der Waals surface area contributed by atoms with E-state index in [1.54, 1.807) is 19.2 Å². The molecule has 1 amide bonds. The molecule has 0 aliphatic carbocycles. The number of carbonyl (C=O) groups excluding carboxylic acids is 1. The first-order chi connectivity index (χ1) is 11.5. The van der Waals surface area contributed by atoms with Crippen molar-refractivity contribution >= 4 is 22.6 Å². The van der Waals surface area contributed by atoms with Crippen LogP contribution in [-0.2, 0) is 6.54 Å². The average molecular weight is 322 g/mol. The molecule has 0 atom stereocenters. The largest absolute Gasteiger partial charge is 0.496 e. The van der Waals surface area contributed by atoms with Crippen molar-refractivity contribution < 1.29 is 9.53 Å². The molecule has 0 unspecified atom stereocenters. The molecule has 2 aromatic carbocycles. The maximum absolute atomic E-state index is 11.9. The summed E-state index contributed by atoms with van der Waals surface area (Å²) in [5.41, 5.74) is 13.9. The van der Waals surface area contributed by atoms with E-state index >= 15 is 0 Å². The number of nitrogen functional groups attached to an aromatic ring is 1. The van der Waals surface area contributed by atoms with Gasteiger partial charge in [0.25, 0.3) is 5.91 Å². The number of amidine groups is 1. The van der Waals surface area contributed by atoms with E-state index < -0.39 is 5.91 Å². The van der Waals surface area contributed by atoms with E-state index in [2.05, 4.69) is 0 Å². The zero-order chi connectivity index (χ0) is 17.3. The Labute approximate surface area is 139 Å². The first-order valence-electron chi connectivity index (χ1n) is 7.40. The Bertz CT molecular complexity index is 943. The molecule has 0 fully saturated rings. The Hall–Kier alpha value is -3.28. The zero-order valence-electron chi connectivity index (χ0n) is 13.2. The molecule has 0 aliphatic rings. The first-order valence-corrected chi connectivity index (χ1v) is 7.40. The fourth-order valence-corrected chi connectivity index (χ4v) is 2.83. The van der Waals surface area contributed by atoms with E-state index in [1.807, 2.05) is 41.0 Å². The number of nitrogens with two attached hydrogens (primary N) is 2. The lowest BCUT2D eigenvalue weighted by Crippen LogP contribution is -2.17. The SMILES string of the molecule is COc1cccc2c1cc(C(N)=O)n2Cc1cccc(C(=N)N)c1. The van der Waals surface area contributed by atoms with Crippen LogP contribution >= 0.6 is 0 Å². The van der Waals surface area contributed by atoms with E-state index in [-0.39, 0.29) is 5.84 Å². The van der Waals surface area contributed by atoms with E-state index in [9.17, 15) is 4.79 Å². The number of nitrogens with one attached hydrogen (secondary N) is 1. The second kappa shape index (κ2) is 6.08. The van der Waals surface area contributed by atoms with Crippen LogP contribution in [0.25, 0.3) is 10.9 Å². The maximum atomic E-state index is 11.9. The van der Waals surface area contributed by atoms with Crippen LogP contribution in [0.5, 0.6) is 5.75 Å². The summed E-state index contributed by atoms with van der Waals surface area (Å²) in [4.78, 5) is 11.9. The molecular formula is C18H18N4O2. The van der Waals surface area contributed by atoms with Crippen molar-refractivity contribution in [2.75, 3.05) is 7.11 Å². The summed E-state index contributed by atoms with van der Waals surface area (Å²) in [6.45, 7) is 0.441. The quantitative estimate of drug-likeness (QED) is 0.494. The van der Waals surface area contributed by atoms with Gasteiger partial charge in [0.15, 0.2) is 0 Å². The summed E-state index contributed by atoms with van der Waals surface area (Å²) in [5.74, 6) is 0.188. The van der Waals surface area contributed by atoms with Crippen molar-refractivity contribution in [3.8, 4) is 5.75 Å². The zero-order valence-corrected chi connectivity index (χ0v) is 13.2. The van der Waals surface area contributed by atoms with Gasteiger partial charge in [-0.3, -0.25) is 10.2 Å². The minimum Gasteiger partial charge on any atom is -0.496 e. The van der Waals surface area contributed by atoms with Gasteiger partial charge in [-0.1, -0.05) is 24.3 Å². The van der Waals surface area contributed by atoms with Crippen LogP contribution in [0, 0.1) is 5.41 Å². The average Bonchev–Trinajstić information content (AvgIpc) is 2.94. The topological polar surface area (TPSA) is 107 Å². The number of aromatic nitrogens is 1. The number of methoxy groups -OCH3 is 1. The van der Waals surface area contributed by atoms with Crippen molar-refractivity contribution in [2.45, 2.75) is 6.54 Å². The summed E-state index contributed by atoms with van der Waals surface area (Å²) in [6, 6.07) is 14.7. The highest BCUT2D eigenvalue weighted by Crippen LogP contribution is 2.29. The van der Waals surface area contributed by atoms with Crippen LogP contribution < -0.4 is 16.2 Å². The third kappa shape index (κ3) is 2.69. The smallest absolute Gasteiger partial charge is 0.265 e. The predicted octanol–water partition coefficient (Wildman–Crippen LogP) is 2.08. The van der Waals surface area contributed by atoms with Crippen molar-refractivity contribution in [1.82, 2.24) is 4.57 Å². The van der Waals surface area contributed by atoms with E-state index in [1.165, 1.54) is 0 Å². The number of rotatable bonds is 5. The number of hydrogen-bond acceptors (Lipinski definition) is 3. The second-order valence-electron chi connectivity index (χ2n) is 5.49. The lowest BCUT2D eigenvalue weighted by atomic mass is 10.1. The molecule has 3 aromatic rings. The number of fused-ring (bicyclic) bond motifs is 1. The normalized spacial score (nSPS) is 10.7. The number of benzene rings is 2. The predicted molar refractivity (Wildman–Crippen MR) is 93.6 cm³/mol. The van der Waals surface area contributed by atoms with E-state index in [0.717, 1.165) is 16.5 Å². The Morgan fingerprint density at radius 1 is 1.17 bits per heavy atom. The fourth-order valence-electron chi connectivity index (χ4n) is 2.83. The van der Waals surface area contributed by atoms with Gasteiger partial charge in [-0.15, -0.1) is 0 Å². The van der Waals surface area contributed by atoms with Gasteiger partial charge >= 0.3 is 0 Å². The second-order valence-corrected chi connectivity index (χ2v) is 5.49. The highest BCUT2D eigenvalue weighted by molar-refractivity contribution is 6.00. The standard InChI is InChI=1S/C18H18N4O2/c1-24-16-7-3-6-14-13(16)9-15(18(21)23)22(14)10-11-4-2-5-12(8-11)17(19)20/h2-9H,10H2,1H3,(H3,19,20)(H2,21,23). The number of hydrogen-bond donors (Lipinski definition) is 3. The molecule has 0 spiro atoms. The Kier molecular flexibility index (Phi) is 3.95. The van der Waals surface area contributed by atoms with Crippen LogP contribution in [0.2, 0.25) is 0 Å². The lowest BCUT2D eigenvalue weighted by molar-refractivity contribution is 0.0992. The molecule has 5 N–H and O–H groups in total. The molecule has 0 bridgehead atoms. The minimum absolute atomic E-state index is 0.00556. The molecule has 0 radical (unpaired) electrons. The number of primary amides is 1. The summed E-state index contributed by atoms with van der Waals surface area (Å²) in [7, 11) is 1.59. The van der Waals surface area contributed by atoms with Gasteiger partial charge in [-0.25, -0.2) is 0 Å². The summed E-state index contributed by atoms with van der Waals surface area (Å²) in [5, 5.41) is 8.39. The molecule has 1 heterocycles. The highest BCUT2D eigenvalue weighted by Gasteiger charge is 2.16. The molecule has 0 saturated heterocycles. The third-order valence-electron chi connectivity index (χ3n) is 3.96. The Balaban J connectivity index is 2.14. The first kappa shape index (κ1) is 15.6. The van der Waals surface area contributed by atoms with Gasteiger partial charge in [0, 0.05) is 17.5 Å². The van der Waals surface area contributed by atoms with Crippen LogP contribution in [0.3, 0.4) is 0 Å². The van der Waals surface area contributed by atoms with Gasteiger partial charge in [0.2, 0.25) is 0 Å². The molecule has 1 aromatic heterocycles. The third-order valence-corrected chi connectivity index (χ3v) is 3.96. The van der Waals surface area contributed by atoms with Crippen LogP contribution in [0.4, 0.5) is 0 Å². The fraction of sp³-hybridized carbons (Fsp3) is 0.111. The molecule has 6 heteroatoms. The summed E-state index contributed by atoms with van der Waals surface area (Å²) < 4.78 is 7.21. The maximum Gasteiger partial charge on any atom is 0.265 e. The molecule has 24 heavy (non-hydrogen) atoms. The number of nitrogens with zero attached hydrogens (tertiary/aromatic N) is 1. The number of amides is 1. The molecular weight excluding hydrogens is 304 g/mol. The molecule has 0 saturated carbocycles. The number of carbonyl (C=O) groups is 1. The van der Waals surface area contributed by atoms with Gasteiger partial charge in [0.1, 0.15) is 17.3 Å². The van der Waals surface area contributed by atoms with E-state index in [4.69, 9.17) is 21.6 Å². The van der Waals surface area contributed by atoms with Gasteiger partial charge < -0.3 is 20.8 Å². The Morgan fingerprint density at radius 3 is 2.58 bits per heavy atom. The minimum atomic E-state index is -0.504. The van der Waals surface area contributed by atoms with Crippen LogP contribution in [0.15, 0.2) is 48.5 Å². The summed E-state index contributed by atoms with van der Waals surface area (Å²) in [6.07, 6.45) is 0. The van der Waals surface area contributed by atoms with Crippen molar-refractivity contribution in [1.29, 1.82) is 5.41 Å². The van der Waals surface area contributed by atoms with E-state index in [0.29, 0.717) is 23.6 Å². The van der Waals surface area contributed by atoms with Crippen molar-refractivity contribution in [2.24, 2.45) is 11.5 Å². The lowest BCUT2D eigenvalue weighted by Gasteiger charge is -2.10. The summed E-state index contributed by atoms with van der Waals surface area (Å²) >= 11 is 0. The number of ether oxygens (including phenoxy) is 1. The van der Waals surface area contributed by atoms with Gasteiger partial charge in [0.05, 0.1) is 12.6 Å². The van der Waals surface area contributed by atoms with Gasteiger partial charge in [-0.05, 0) is 29.8 Å². The van der Waals surface area contributed by atoms with Gasteiger partial charge in [-0.2, -0.15) is 0 Å². The van der Waals surface area contributed by atoms with Crippen molar-refractivity contribution in [3.05, 3.63) is 65.4 Å².